The monoisotopic (exact) mass is 320 g/mol. The Bertz CT molecular complexity index is 707. The van der Waals surface area contributed by atoms with Crippen LogP contribution in [0, 0.1) is 11.6 Å². The molecular weight excluding hydrogens is 306 g/mol. The van der Waals surface area contributed by atoms with Crippen LogP contribution in [0.3, 0.4) is 0 Å². The molecule has 2 rings (SSSR count). The van der Waals surface area contributed by atoms with Gasteiger partial charge in [0.25, 0.3) is 5.91 Å². The third kappa shape index (κ3) is 5.39. The zero-order chi connectivity index (χ0) is 16.7. The van der Waals surface area contributed by atoms with Gasteiger partial charge in [-0.3, -0.25) is 20.4 Å². The van der Waals surface area contributed by atoms with E-state index in [2.05, 4.69) is 10.9 Å². The molecule has 2 aromatic rings. The molecule has 0 heterocycles. The second-order valence-electron chi connectivity index (χ2n) is 4.62. The van der Waals surface area contributed by atoms with Crippen molar-refractivity contribution in [3.63, 3.8) is 0 Å². The van der Waals surface area contributed by atoms with Gasteiger partial charge in [0.05, 0.1) is 6.42 Å². The first kappa shape index (κ1) is 16.4. The smallest absolute Gasteiger partial charge is 0.276 e. The molecule has 0 aliphatic rings. The lowest BCUT2D eigenvalue weighted by Gasteiger charge is -2.09. The van der Waals surface area contributed by atoms with Crippen LogP contribution in [0.4, 0.5) is 8.78 Å². The van der Waals surface area contributed by atoms with Crippen molar-refractivity contribution in [2.75, 3.05) is 6.61 Å². The summed E-state index contributed by atoms with van der Waals surface area (Å²) in [5.41, 5.74) is 4.77. The Morgan fingerprint density at radius 3 is 2.43 bits per heavy atom. The number of carbonyl (C=O) groups excluding carboxylic acids is 2. The first-order chi connectivity index (χ1) is 11.0. The van der Waals surface area contributed by atoms with E-state index in [1.54, 1.807) is 12.1 Å². The Labute approximate surface area is 131 Å². The SMILES string of the molecule is O=C(COc1ccccc1F)NNC(=O)Cc1cccc(F)c1. The van der Waals surface area contributed by atoms with Gasteiger partial charge in [-0.15, -0.1) is 0 Å². The minimum Gasteiger partial charge on any atom is -0.481 e. The van der Waals surface area contributed by atoms with Gasteiger partial charge in [-0.1, -0.05) is 24.3 Å². The van der Waals surface area contributed by atoms with Gasteiger partial charge < -0.3 is 4.74 Å². The zero-order valence-corrected chi connectivity index (χ0v) is 12.0. The minimum atomic E-state index is -0.652. The number of hydrazine groups is 1. The first-order valence-electron chi connectivity index (χ1n) is 6.74. The summed E-state index contributed by atoms with van der Waals surface area (Å²) in [6.45, 7) is -0.457. The molecule has 0 aliphatic heterocycles. The van der Waals surface area contributed by atoms with Crippen molar-refractivity contribution in [1.82, 2.24) is 10.9 Å². The summed E-state index contributed by atoms with van der Waals surface area (Å²) in [5, 5.41) is 0. The molecule has 0 unspecified atom stereocenters. The molecule has 0 fully saturated rings. The van der Waals surface area contributed by atoms with E-state index in [-0.39, 0.29) is 12.2 Å². The lowest BCUT2D eigenvalue weighted by atomic mass is 10.1. The number of carbonyl (C=O) groups is 2. The summed E-state index contributed by atoms with van der Waals surface area (Å²) in [7, 11) is 0. The summed E-state index contributed by atoms with van der Waals surface area (Å²) in [6.07, 6.45) is -0.0911. The zero-order valence-electron chi connectivity index (χ0n) is 12.0. The second-order valence-corrected chi connectivity index (χ2v) is 4.62. The van der Waals surface area contributed by atoms with E-state index in [0.29, 0.717) is 5.56 Å². The van der Waals surface area contributed by atoms with Crippen LogP contribution in [-0.2, 0) is 16.0 Å². The van der Waals surface area contributed by atoms with Crippen LogP contribution in [0.15, 0.2) is 48.5 Å². The summed E-state index contributed by atoms with van der Waals surface area (Å²) in [4.78, 5) is 23.1. The topological polar surface area (TPSA) is 67.4 Å². The van der Waals surface area contributed by atoms with Crippen LogP contribution in [0.25, 0.3) is 0 Å². The van der Waals surface area contributed by atoms with E-state index >= 15 is 0 Å². The van der Waals surface area contributed by atoms with E-state index in [0.717, 1.165) is 0 Å². The molecular formula is C16H14F2N2O3. The third-order valence-corrected chi connectivity index (χ3v) is 2.79. The van der Waals surface area contributed by atoms with Crippen molar-refractivity contribution < 1.29 is 23.1 Å². The maximum atomic E-state index is 13.3. The van der Waals surface area contributed by atoms with E-state index in [1.165, 1.54) is 36.4 Å². The molecule has 5 nitrogen and oxygen atoms in total. The molecule has 2 aromatic carbocycles. The van der Waals surface area contributed by atoms with Crippen molar-refractivity contribution in [2.45, 2.75) is 6.42 Å². The maximum absolute atomic E-state index is 13.3. The molecule has 0 radical (unpaired) electrons. The third-order valence-electron chi connectivity index (χ3n) is 2.79. The highest BCUT2D eigenvalue weighted by Gasteiger charge is 2.08. The fourth-order valence-corrected chi connectivity index (χ4v) is 1.76. The molecule has 0 aromatic heterocycles. The number of para-hydroxylation sites is 1. The molecule has 0 saturated heterocycles. The highest BCUT2D eigenvalue weighted by Crippen LogP contribution is 2.14. The molecule has 0 bridgehead atoms. The lowest BCUT2D eigenvalue weighted by Crippen LogP contribution is -2.44. The fraction of sp³-hybridized carbons (Fsp3) is 0.125. The number of rotatable bonds is 5. The molecule has 0 saturated carbocycles. The molecule has 0 spiro atoms. The average Bonchev–Trinajstić information content (AvgIpc) is 2.52. The highest BCUT2D eigenvalue weighted by atomic mass is 19.1. The number of halogens is 2. The molecule has 0 atom stereocenters. The lowest BCUT2D eigenvalue weighted by molar-refractivity contribution is -0.129. The van der Waals surface area contributed by atoms with Gasteiger partial charge in [0, 0.05) is 0 Å². The van der Waals surface area contributed by atoms with Crippen molar-refractivity contribution in [3.8, 4) is 5.75 Å². The molecule has 0 aliphatic carbocycles. The Morgan fingerprint density at radius 2 is 1.70 bits per heavy atom. The van der Waals surface area contributed by atoms with E-state index in [1.807, 2.05) is 0 Å². The van der Waals surface area contributed by atoms with Crippen molar-refractivity contribution in [1.29, 1.82) is 0 Å². The Balaban J connectivity index is 1.74. The Morgan fingerprint density at radius 1 is 0.957 bits per heavy atom. The predicted octanol–water partition coefficient (Wildman–Crippen LogP) is 1.73. The van der Waals surface area contributed by atoms with Crippen LogP contribution >= 0.6 is 0 Å². The molecule has 7 heteroatoms. The standard InChI is InChI=1S/C16H14F2N2O3/c17-12-5-3-4-11(8-12)9-15(21)19-20-16(22)10-23-14-7-2-1-6-13(14)18/h1-8H,9-10H2,(H,19,21)(H,20,22). The van der Waals surface area contributed by atoms with Crippen LogP contribution in [0.5, 0.6) is 5.75 Å². The van der Waals surface area contributed by atoms with Gasteiger partial charge >= 0.3 is 0 Å². The summed E-state index contributed by atoms with van der Waals surface area (Å²) in [6, 6.07) is 11.2. The molecule has 2 amide bonds. The number of benzene rings is 2. The molecule has 2 N–H and O–H groups in total. The number of nitrogens with one attached hydrogen (secondary N) is 2. The molecule has 120 valence electrons. The van der Waals surface area contributed by atoms with Gasteiger partial charge in [0.1, 0.15) is 5.82 Å². The Hall–Kier alpha value is -2.96. The fourth-order valence-electron chi connectivity index (χ4n) is 1.76. The second kappa shape index (κ2) is 7.88. The number of amides is 2. The van der Waals surface area contributed by atoms with Gasteiger partial charge in [-0.2, -0.15) is 0 Å². The van der Waals surface area contributed by atoms with Crippen molar-refractivity contribution in [3.05, 3.63) is 65.7 Å². The summed E-state index contributed by atoms with van der Waals surface area (Å²) >= 11 is 0. The summed E-state index contributed by atoms with van der Waals surface area (Å²) in [5.74, 6) is -2.27. The number of hydrogen-bond acceptors (Lipinski definition) is 3. The van der Waals surface area contributed by atoms with E-state index in [4.69, 9.17) is 4.74 Å². The van der Waals surface area contributed by atoms with Gasteiger partial charge in [-0.05, 0) is 29.8 Å². The maximum Gasteiger partial charge on any atom is 0.276 e. The molecule has 23 heavy (non-hydrogen) atoms. The first-order valence-corrected chi connectivity index (χ1v) is 6.74. The average molecular weight is 320 g/mol. The van der Waals surface area contributed by atoms with E-state index in [9.17, 15) is 18.4 Å². The van der Waals surface area contributed by atoms with Gasteiger partial charge in [0.15, 0.2) is 18.2 Å². The Kier molecular flexibility index (Phi) is 5.62. The summed E-state index contributed by atoms with van der Waals surface area (Å²) < 4.78 is 31.2. The van der Waals surface area contributed by atoms with Gasteiger partial charge in [-0.25, -0.2) is 8.78 Å². The van der Waals surface area contributed by atoms with Crippen LogP contribution in [0.2, 0.25) is 0 Å². The van der Waals surface area contributed by atoms with Crippen LogP contribution in [-0.4, -0.2) is 18.4 Å². The van der Waals surface area contributed by atoms with E-state index < -0.39 is 30.1 Å². The predicted molar refractivity (Wildman–Crippen MR) is 78.3 cm³/mol. The van der Waals surface area contributed by atoms with Crippen molar-refractivity contribution >= 4 is 11.8 Å². The normalized spacial score (nSPS) is 10.0. The highest BCUT2D eigenvalue weighted by molar-refractivity contribution is 5.83. The van der Waals surface area contributed by atoms with Crippen LogP contribution < -0.4 is 15.6 Å². The minimum absolute atomic E-state index is 0.0614. The largest absolute Gasteiger partial charge is 0.481 e. The quantitative estimate of drug-likeness (QED) is 0.825. The number of hydrogen-bond donors (Lipinski definition) is 2. The van der Waals surface area contributed by atoms with Gasteiger partial charge in [0.2, 0.25) is 5.91 Å². The van der Waals surface area contributed by atoms with Crippen LogP contribution in [0.1, 0.15) is 5.56 Å². The van der Waals surface area contributed by atoms with Crippen molar-refractivity contribution in [2.24, 2.45) is 0 Å². The number of ether oxygens (including phenoxy) is 1.